The molecule has 1 heterocycles. The average Bonchev–Trinajstić information content (AvgIpc) is 2.33. The molecule has 1 aromatic rings. The van der Waals surface area contributed by atoms with E-state index in [9.17, 15) is 0 Å². The fourth-order valence-electron chi connectivity index (χ4n) is 0.868. The van der Waals surface area contributed by atoms with Crippen LogP contribution in [0.15, 0.2) is 14.3 Å². The van der Waals surface area contributed by atoms with Gasteiger partial charge in [0.15, 0.2) is 0 Å². The second-order valence-electron chi connectivity index (χ2n) is 2.45. The predicted molar refractivity (Wildman–Crippen MR) is 67.6 cm³/mol. The standard InChI is InChI=1S/C7H10Br2N2S.ClH/c8-4-3-6(12-7(4)9)5(11)1-2-10;/h3,5H,1-2,10-11H2;1H/t5-;/m1./s1. The molecule has 0 amide bonds. The summed E-state index contributed by atoms with van der Waals surface area (Å²) in [5.41, 5.74) is 11.3. The highest BCUT2D eigenvalue weighted by molar-refractivity contribution is 9.13. The van der Waals surface area contributed by atoms with Crippen LogP contribution in [0.25, 0.3) is 0 Å². The highest BCUT2D eigenvalue weighted by Gasteiger charge is 2.10. The lowest BCUT2D eigenvalue weighted by molar-refractivity contribution is 0.672. The number of halogens is 3. The van der Waals surface area contributed by atoms with Gasteiger partial charge in [0, 0.05) is 15.4 Å². The summed E-state index contributed by atoms with van der Waals surface area (Å²) in [6.07, 6.45) is 0.833. The molecule has 1 rings (SSSR count). The Morgan fingerprint density at radius 2 is 2.08 bits per heavy atom. The van der Waals surface area contributed by atoms with E-state index < -0.39 is 0 Å². The van der Waals surface area contributed by atoms with Gasteiger partial charge in [0.05, 0.1) is 3.79 Å². The third-order valence-electron chi connectivity index (χ3n) is 1.51. The summed E-state index contributed by atoms with van der Waals surface area (Å²) in [6, 6.07) is 2.11. The Morgan fingerprint density at radius 1 is 1.46 bits per heavy atom. The second-order valence-corrected chi connectivity index (χ2v) is 5.71. The molecule has 2 nitrogen and oxygen atoms in total. The van der Waals surface area contributed by atoms with Crippen LogP contribution in [-0.4, -0.2) is 6.54 Å². The Bertz CT molecular complexity index is 247. The summed E-state index contributed by atoms with van der Waals surface area (Å²) < 4.78 is 2.15. The fourth-order valence-corrected chi connectivity index (χ4v) is 2.99. The molecular formula is C7H11Br2ClN2S. The van der Waals surface area contributed by atoms with Crippen molar-refractivity contribution in [3.8, 4) is 0 Å². The summed E-state index contributed by atoms with van der Waals surface area (Å²) in [5, 5.41) is 0. The Morgan fingerprint density at radius 3 is 2.46 bits per heavy atom. The highest BCUT2D eigenvalue weighted by atomic mass is 79.9. The zero-order valence-electron chi connectivity index (χ0n) is 6.80. The van der Waals surface area contributed by atoms with Crippen LogP contribution in [0.1, 0.15) is 17.3 Å². The lowest BCUT2D eigenvalue weighted by Crippen LogP contribution is -2.13. The van der Waals surface area contributed by atoms with E-state index in [1.807, 2.05) is 6.07 Å². The van der Waals surface area contributed by atoms with E-state index in [0.717, 1.165) is 14.7 Å². The van der Waals surface area contributed by atoms with E-state index in [4.69, 9.17) is 11.5 Å². The molecule has 0 radical (unpaired) electrons. The molecular weight excluding hydrogens is 339 g/mol. The summed E-state index contributed by atoms with van der Waals surface area (Å²) in [6.45, 7) is 0.633. The molecule has 0 spiro atoms. The van der Waals surface area contributed by atoms with E-state index in [0.29, 0.717) is 6.54 Å². The van der Waals surface area contributed by atoms with Gasteiger partial charge in [0.1, 0.15) is 0 Å². The van der Waals surface area contributed by atoms with Gasteiger partial charge in [-0.05, 0) is 50.9 Å². The van der Waals surface area contributed by atoms with Gasteiger partial charge in [-0.3, -0.25) is 0 Å². The average molecular weight is 351 g/mol. The van der Waals surface area contributed by atoms with Crippen molar-refractivity contribution in [2.75, 3.05) is 6.54 Å². The molecule has 1 aromatic heterocycles. The van der Waals surface area contributed by atoms with Crippen molar-refractivity contribution in [3.05, 3.63) is 19.2 Å². The summed E-state index contributed by atoms with van der Waals surface area (Å²) in [7, 11) is 0. The van der Waals surface area contributed by atoms with E-state index in [1.54, 1.807) is 11.3 Å². The first-order valence-electron chi connectivity index (χ1n) is 3.55. The monoisotopic (exact) mass is 348 g/mol. The minimum Gasteiger partial charge on any atom is -0.330 e. The van der Waals surface area contributed by atoms with Crippen LogP contribution in [0.4, 0.5) is 0 Å². The molecule has 0 aliphatic rings. The highest BCUT2D eigenvalue weighted by Crippen LogP contribution is 2.35. The molecule has 0 aromatic carbocycles. The molecule has 0 saturated heterocycles. The number of hydrogen-bond donors (Lipinski definition) is 2. The van der Waals surface area contributed by atoms with Gasteiger partial charge in [-0.2, -0.15) is 0 Å². The van der Waals surface area contributed by atoms with Crippen LogP contribution in [0.5, 0.6) is 0 Å². The Balaban J connectivity index is 0.00000144. The van der Waals surface area contributed by atoms with Crippen molar-refractivity contribution < 1.29 is 0 Å². The summed E-state index contributed by atoms with van der Waals surface area (Å²) in [5.74, 6) is 0. The van der Waals surface area contributed by atoms with Crippen molar-refractivity contribution >= 4 is 55.6 Å². The van der Waals surface area contributed by atoms with Crippen LogP contribution in [0, 0.1) is 0 Å². The topological polar surface area (TPSA) is 52.0 Å². The van der Waals surface area contributed by atoms with Gasteiger partial charge in [-0.1, -0.05) is 0 Å². The molecule has 4 N–H and O–H groups in total. The maximum atomic E-state index is 5.88. The lowest BCUT2D eigenvalue weighted by Gasteiger charge is -2.05. The first-order chi connectivity index (χ1) is 5.65. The number of thiophene rings is 1. The Kier molecular flexibility index (Phi) is 6.80. The molecule has 0 aliphatic carbocycles. The van der Waals surface area contributed by atoms with Crippen LogP contribution in [0.2, 0.25) is 0 Å². The minimum absolute atomic E-state index is 0. The third-order valence-corrected chi connectivity index (χ3v) is 4.90. The minimum atomic E-state index is 0. The normalized spacial score (nSPS) is 12.3. The van der Waals surface area contributed by atoms with Crippen LogP contribution >= 0.6 is 55.6 Å². The number of rotatable bonds is 3. The van der Waals surface area contributed by atoms with Crippen molar-refractivity contribution in [2.24, 2.45) is 11.5 Å². The van der Waals surface area contributed by atoms with Gasteiger partial charge in [0.2, 0.25) is 0 Å². The van der Waals surface area contributed by atoms with E-state index >= 15 is 0 Å². The molecule has 76 valence electrons. The van der Waals surface area contributed by atoms with Gasteiger partial charge < -0.3 is 11.5 Å². The van der Waals surface area contributed by atoms with Gasteiger partial charge >= 0.3 is 0 Å². The molecule has 0 aliphatic heterocycles. The molecule has 0 saturated carbocycles. The van der Waals surface area contributed by atoms with Gasteiger partial charge in [0.25, 0.3) is 0 Å². The van der Waals surface area contributed by atoms with Crippen molar-refractivity contribution in [2.45, 2.75) is 12.5 Å². The summed E-state index contributed by atoms with van der Waals surface area (Å²) in [4.78, 5) is 1.17. The Hall–Kier alpha value is 0.870. The molecule has 1 atom stereocenters. The Labute approximate surface area is 105 Å². The largest absolute Gasteiger partial charge is 0.330 e. The first-order valence-corrected chi connectivity index (χ1v) is 5.95. The van der Waals surface area contributed by atoms with Crippen molar-refractivity contribution in [1.29, 1.82) is 0 Å². The quantitative estimate of drug-likeness (QED) is 0.880. The SMILES string of the molecule is Cl.NCC[C@@H](N)c1cc(Br)c(Br)s1. The number of hydrogen-bond acceptors (Lipinski definition) is 3. The predicted octanol–water partition coefficient (Wildman–Crippen LogP) is 3.04. The lowest BCUT2D eigenvalue weighted by atomic mass is 10.2. The zero-order chi connectivity index (χ0) is 9.14. The maximum absolute atomic E-state index is 5.88. The molecule has 0 fully saturated rings. The fraction of sp³-hybridized carbons (Fsp3) is 0.429. The van der Waals surface area contributed by atoms with Crippen molar-refractivity contribution in [3.63, 3.8) is 0 Å². The smallest absolute Gasteiger partial charge is 0.0843 e. The maximum Gasteiger partial charge on any atom is 0.0843 e. The molecule has 13 heavy (non-hydrogen) atoms. The molecule has 0 bridgehead atoms. The van der Waals surface area contributed by atoms with Crippen LogP contribution < -0.4 is 11.5 Å². The van der Waals surface area contributed by atoms with Crippen LogP contribution in [-0.2, 0) is 0 Å². The van der Waals surface area contributed by atoms with E-state index in [2.05, 4.69) is 31.9 Å². The van der Waals surface area contributed by atoms with Crippen LogP contribution in [0.3, 0.4) is 0 Å². The third kappa shape index (κ3) is 3.85. The van der Waals surface area contributed by atoms with E-state index in [1.165, 1.54) is 4.88 Å². The van der Waals surface area contributed by atoms with E-state index in [-0.39, 0.29) is 18.4 Å². The second kappa shape index (κ2) is 6.37. The number of nitrogens with two attached hydrogens (primary N) is 2. The first kappa shape index (κ1) is 13.9. The van der Waals surface area contributed by atoms with Gasteiger partial charge in [-0.25, -0.2) is 0 Å². The van der Waals surface area contributed by atoms with Crippen molar-refractivity contribution in [1.82, 2.24) is 0 Å². The molecule has 6 heteroatoms. The van der Waals surface area contributed by atoms with Gasteiger partial charge in [-0.15, -0.1) is 23.7 Å². The molecule has 0 unspecified atom stereocenters. The zero-order valence-corrected chi connectivity index (χ0v) is 11.6. The summed E-state index contributed by atoms with van der Waals surface area (Å²) >= 11 is 8.48.